The zero-order valence-corrected chi connectivity index (χ0v) is 7.40. The van der Waals surface area contributed by atoms with E-state index in [1.54, 1.807) is 12.1 Å². The Morgan fingerprint density at radius 2 is 1.93 bits per heavy atom. The van der Waals surface area contributed by atoms with Gasteiger partial charge in [-0.05, 0) is 25.1 Å². The molecule has 3 nitrogen and oxygen atoms in total. The Morgan fingerprint density at radius 3 is 2.50 bits per heavy atom. The number of hydrogen-bond acceptors (Lipinski definition) is 3. The van der Waals surface area contributed by atoms with Crippen molar-refractivity contribution in [2.45, 2.75) is 12.8 Å². The number of benzene rings is 1. The maximum absolute atomic E-state index is 11.1. The van der Waals surface area contributed by atoms with Gasteiger partial charge in [0.05, 0.1) is 0 Å². The summed E-state index contributed by atoms with van der Waals surface area (Å²) >= 11 is 0. The van der Waals surface area contributed by atoms with E-state index in [0.717, 1.165) is 0 Å². The summed E-state index contributed by atoms with van der Waals surface area (Å²) in [6.45, 7) is 0.518. The van der Waals surface area contributed by atoms with Crippen LogP contribution in [0.15, 0.2) is 30.3 Å². The molecular formula is C10H15CaNO2. The number of carbonyl (C=O) groups excluding carboxylic acids is 1. The van der Waals surface area contributed by atoms with Crippen LogP contribution in [0.4, 0.5) is 0 Å². The Balaban J connectivity index is 0.00000169. The first-order valence-corrected chi connectivity index (χ1v) is 4.28. The summed E-state index contributed by atoms with van der Waals surface area (Å²) in [6.07, 6.45) is 1.05. The van der Waals surface area contributed by atoms with Crippen molar-refractivity contribution in [1.29, 1.82) is 0 Å². The summed E-state index contributed by atoms with van der Waals surface area (Å²) in [7, 11) is 0. The van der Waals surface area contributed by atoms with Crippen LogP contribution < -0.4 is 10.5 Å². The Kier molecular flexibility index (Phi) is 8.18. The molecule has 74 valence electrons. The monoisotopic (exact) mass is 221 g/mol. The van der Waals surface area contributed by atoms with Gasteiger partial charge in [0.25, 0.3) is 0 Å². The first kappa shape index (κ1) is 13.9. The summed E-state index contributed by atoms with van der Waals surface area (Å²) in [5.74, 6) is 0.362. The van der Waals surface area contributed by atoms with Crippen LogP contribution in [0.3, 0.4) is 0 Å². The van der Waals surface area contributed by atoms with Crippen LogP contribution in [0.25, 0.3) is 0 Å². The quantitative estimate of drug-likeness (QED) is 0.455. The second-order valence-corrected chi connectivity index (χ2v) is 2.68. The second-order valence-electron chi connectivity index (χ2n) is 2.68. The van der Waals surface area contributed by atoms with Gasteiger partial charge in [-0.2, -0.15) is 0 Å². The molecule has 0 spiro atoms. The van der Waals surface area contributed by atoms with Crippen molar-refractivity contribution in [3.8, 4) is 5.75 Å². The van der Waals surface area contributed by atoms with Crippen molar-refractivity contribution < 1.29 is 9.53 Å². The Hall–Kier alpha value is -0.0903. The van der Waals surface area contributed by atoms with Crippen molar-refractivity contribution in [3.63, 3.8) is 0 Å². The number of esters is 1. The summed E-state index contributed by atoms with van der Waals surface area (Å²) in [5.41, 5.74) is 5.26. The molecule has 0 unspecified atom stereocenters. The molecule has 2 N–H and O–H groups in total. The molecule has 0 aliphatic carbocycles. The predicted molar refractivity (Wildman–Crippen MR) is 58.9 cm³/mol. The molecule has 1 rings (SSSR count). The molecule has 1 aromatic rings. The van der Waals surface area contributed by atoms with Crippen LogP contribution in [0.5, 0.6) is 5.75 Å². The standard InChI is InChI=1S/C10H13NO2.Ca.2H/c11-8-4-7-10(12)13-9-5-2-1-3-6-9;;;/h1-3,5-6H,4,7-8,11H2;;;. The summed E-state index contributed by atoms with van der Waals surface area (Å²) in [5, 5.41) is 0. The van der Waals surface area contributed by atoms with Crippen LogP contribution in [0, 0.1) is 0 Å². The van der Waals surface area contributed by atoms with Crippen LogP contribution >= 0.6 is 0 Å². The van der Waals surface area contributed by atoms with Gasteiger partial charge in [0.2, 0.25) is 0 Å². The molecule has 0 atom stereocenters. The fourth-order valence-electron chi connectivity index (χ4n) is 0.917. The number of nitrogens with two attached hydrogens (primary N) is 1. The fourth-order valence-corrected chi connectivity index (χ4v) is 0.917. The van der Waals surface area contributed by atoms with Crippen LogP contribution in [-0.4, -0.2) is 50.3 Å². The molecule has 0 fully saturated rings. The molecule has 0 aliphatic rings. The van der Waals surface area contributed by atoms with E-state index in [9.17, 15) is 4.79 Å². The van der Waals surface area contributed by atoms with Crippen molar-refractivity contribution in [2.24, 2.45) is 5.73 Å². The molecule has 1 aromatic carbocycles. The number of ether oxygens (including phenoxy) is 1. The van der Waals surface area contributed by atoms with E-state index < -0.39 is 0 Å². The fraction of sp³-hybridized carbons (Fsp3) is 0.300. The zero-order chi connectivity index (χ0) is 9.52. The normalized spacial score (nSPS) is 8.93. The SMILES string of the molecule is NCCCC(=O)Oc1ccccc1.[CaH2]. The molecule has 0 bridgehead atoms. The first-order valence-electron chi connectivity index (χ1n) is 4.28. The predicted octanol–water partition coefficient (Wildman–Crippen LogP) is 0.415. The van der Waals surface area contributed by atoms with Gasteiger partial charge >= 0.3 is 43.7 Å². The van der Waals surface area contributed by atoms with E-state index >= 15 is 0 Å². The molecule has 0 aliphatic heterocycles. The topological polar surface area (TPSA) is 52.3 Å². The summed E-state index contributed by atoms with van der Waals surface area (Å²) in [4.78, 5) is 11.1. The van der Waals surface area contributed by atoms with Gasteiger partial charge in [-0.3, -0.25) is 4.79 Å². The molecular weight excluding hydrogens is 206 g/mol. The van der Waals surface area contributed by atoms with Gasteiger partial charge < -0.3 is 10.5 Å². The molecule has 14 heavy (non-hydrogen) atoms. The molecule has 0 amide bonds. The number of rotatable bonds is 4. The number of carbonyl (C=O) groups is 1. The van der Waals surface area contributed by atoms with E-state index in [0.29, 0.717) is 25.1 Å². The summed E-state index contributed by atoms with van der Waals surface area (Å²) < 4.78 is 5.02. The Bertz CT molecular complexity index is 264. The average Bonchev–Trinajstić information content (AvgIpc) is 2.16. The van der Waals surface area contributed by atoms with Gasteiger partial charge in [-0.25, -0.2) is 0 Å². The minimum atomic E-state index is -0.225. The van der Waals surface area contributed by atoms with Crippen molar-refractivity contribution in [1.82, 2.24) is 0 Å². The van der Waals surface area contributed by atoms with Crippen LogP contribution in [0.1, 0.15) is 12.8 Å². The maximum atomic E-state index is 11.1. The molecule has 0 saturated carbocycles. The van der Waals surface area contributed by atoms with Gasteiger partial charge in [0.1, 0.15) is 5.75 Å². The number of hydrogen-bond donors (Lipinski definition) is 1. The third kappa shape index (κ3) is 5.60. The molecule has 0 aromatic heterocycles. The van der Waals surface area contributed by atoms with Gasteiger partial charge in [-0.1, -0.05) is 18.2 Å². The van der Waals surface area contributed by atoms with Crippen LogP contribution in [0.2, 0.25) is 0 Å². The van der Waals surface area contributed by atoms with E-state index in [1.165, 1.54) is 0 Å². The third-order valence-corrected chi connectivity index (χ3v) is 1.56. The summed E-state index contributed by atoms with van der Waals surface area (Å²) in [6, 6.07) is 9.02. The molecule has 0 heterocycles. The molecule has 4 heteroatoms. The minimum absolute atomic E-state index is 0. The second kappa shape index (κ2) is 8.24. The Labute approximate surface area is 114 Å². The molecule has 0 radical (unpaired) electrons. The first-order chi connectivity index (χ1) is 6.33. The molecule has 0 saturated heterocycles. The van der Waals surface area contributed by atoms with E-state index in [1.807, 2.05) is 18.2 Å². The Morgan fingerprint density at radius 1 is 1.29 bits per heavy atom. The van der Waals surface area contributed by atoms with Crippen molar-refractivity contribution in [3.05, 3.63) is 30.3 Å². The van der Waals surface area contributed by atoms with Gasteiger partial charge in [0, 0.05) is 6.42 Å². The van der Waals surface area contributed by atoms with Crippen LogP contribution in [-0.2, 0) is 4.79 Å². The zero-order valence-electron chi connectivity index (χ0n) is 7.40. The average molecular weight is 221 g/mol. The van der Waals surface area contributed by atoms with E-state index in [4.69, 9.17) is 10.5 Å². The van der Waals surface area contributed by atoms with Gasteiger partial charge in [0.15, 0.2) is 0 Å². The van der Waals surface area contributed by atoms with Gasteiger partial charge in [-0.15, -0.1) is 0 Å². The van der Waals surface area contributed by atoms with Crippen molar-refractivity contribution in [2.75, 3.05) is 6.54 Å². The third-order valence-electron chi connectivity index (χ3n) is 1.56. The number of para-hydroxylation sites is 1. The van der Waals surface area contributed by atoms with E-state index in [-0.39, 0.29) is 43.7 Å². The van der Waals surface area contributed by atoms with Crippen molar-refractivity contribution >= 4 is 43.7 Å². The van der Waals surface area contributed by atoms with E-state index in [2.05, 4.69) is 0 Å².